The number of hydrogen-bond donors (Lipinski definition) is 1. The van der Waals surface area contributed by atoms with E-state index in [-0.39, 0.29) is 12.1 Å². The lowest BCUT2D eigenvalue weighted by Crippen LogP contribution is -2.00. The first kappa shape index (κ1) is 13.2. The van der Waals surface area contributed by atoms with Gasteiger partial charge in [0.1, 0.15) is 0 Å². The van der Waals surface area contributed by atoms with Crippen molar-refractivity contribution < 1.29 is 14.8 Å². The molecule has 0 aliphatic rings. The van der Waals surface area contributed by atoms with Crippen molar-refractivity contribution >= 4 is 23.6 Å². The molecule has 17 heavy (non-hydrogen) atoms. The molecule has 0 saturated heterocycles. The zero-order valence-electron chi connectivity index (χ0n) is 9.01. The van der Waals surface area contributed by atoms with E-state index in [1.54, 1.807) is 6.07 Å². The summed E-state index contributed by atoms with van der Waals surface area (Å²) in [6.45, 7) is 1.07. The highest BCUT2D eigenvalue weighted by Gasteiger charge is 2.08. The van der Waals surface area contributed by atoms with E-state index >= 15 is 0 Å². The predicted molar refractivity (Wildman–Crippen MR) is 63.4 cm³/mol. The Kier molecular flexibility index (Phi) is 4.23. The molecule has 1 N–H and O–H groups in total. The van der Waals surface area contributed by atoms with Gasteiger partial charge in [-0.1, -0.05) is 17.7 Å². The molecule has 0 atom stereocenters. The van der Waals surface area contributed by atoms with Gasteiger partial charge in [0.05, 0.1) is 5.02 Å². The van der Waals surface area contributed by atoms with Crippen LogP contribution in [0.4, 0.5) is 0 Å². The first-order chi connectivity index (χ1) is 7.90. The molecule has 0 heterocycles. The van der Waals surface area contributed by atoms with Gasteiger partial charge < -0.3 is 5.11 Å². The fourth-order valence-corrected chi connectivity index (χ4v) is 1.43. The molecule has 0 saturated carbocycles. The minimum Gasteiger partial charge on any atom is -0.478 e. The molecule has 0 fully saturated rings. The van der Waals surface area contributed by atoms with Crippen LogP contribution in [0.5, 0.6) is 0 Å². The highest BCUT2D eigenvalue weighted by Crippen LogP contribution is 2.20. The summed E-state index contributed by atoms with van der Waals surface area (Å²) in [6.07, 6.45) is 1.43. The number of aliphatic carboxylic acids is 1. The van der Waals surface area contributed by atoms with Gasteiger partial charge in [0.2, 0.25) is 6.54 Å². The van der Waals surface area contributed by atoms with Crippen molar-refractivity contribution in [2.45, 2.75) is 13.5 Å². The number of nitrogens with zero attached hydrogens (tertiary/aromatic N) is 1. The van der Waals surface area contributed by atoms with Crippen LogP contribution in [0, 0.1) is 10.1 Å². The van der Waals surface area contributed by atoms with Gasteiger partial charge in [0.25, 0.3) is 0 Å². The van der Waals surface area contributed by atoms with Gasteiger partial charge in [-0.25, -0.2) is 4.79 Å². The molecule has 0 amide bonds. The lowest BCUT2D eigenvalue weighted by Gasteiger charge is -2.02. The zero-order chi connectivity index (χ0) is 13.0. The van der Waals surface area contributed by atoms with Crippen molar-refractivity contribution in [3.8, 4) is 0 Å². The summed E-state index contributed by atoms with van der Waals surface area (Å²) >= 11 is 5.80. The summed E-state index contributed by atoms with van der Waals surface area (Å²) in [6, 6.07) is 4.64. The Hall–Kier alpha value is -1.88. The summed E-state index contributed by atoms with van der Waals surface area (Å²) in [5.41, 5.74) is 1.09. The molecule has 90 valence electrons. The van der Waals surface area contributed by atoms with Crippen LogP contribution in [0.25, 0.3) is 6.08 Å². The van der Waals surface area contributed by atoms with E-state index in [1.165, 1.54) is 25.1 Å². The Morgan fingerprint density at radius 3 is 2.76 bits per heavy atom. The van der Waals surface area contributed by atoms with Gasteiger partial charge >= 0.3 is 5.97 Å². The van der Waals surface area contributed by atoms with Crippen LogP contribution in [0.1, 0.15) is 18.1 Å². The first-order valence-corrected chi connectivity index (χ1v) is 5.09. The average molecular weight is 256 g/mol. The SMILES string of the molecule is CC(=Cc1ccc(Cl)c(C[N+](=O)[O-])c1)C(=O)O. The second kappa shape index (κ2) is 5.45. The Morgan fingerprint density at radius 1 is 1.59 bits per heavy atom. The molecular weight excluding hydrogens is 246 g/mol. The maximum Gasteiger partial charge on any atom is 0.331 e. The number of carbonyl (C=O) groups is 1. The monoisotopic (exact) mass is 255 g/mol. The van der Waals surface area contributed by atoms with E-state index in [0.29, 0.717) is 16.1 Å². The molecule has 0 aliphatic carbocycles. The first-order valence-electron chi connectivity index (χ1n) is 4.72. The Bertz CT molecular complexity index is 496. The van der Waals surface area contributed by atoms with Crippen molar-refractivity contribution in [1.82, 2.24) is 0 Å². The third-order valence-electron chi connectivity index (χ3n) is 2.09. The van der Waals surface area contributed by atoms with Crippen molar-refractivity contribution in [2.75, 3.05) is 0 Å². The number of hydrogen-bond acceptors (Lipinski definition) is 3. The van der Waals surface area contributed by atoms with Crippen molar-refractivity contribution in [3.05, 3.63) is 50.0 Å². The molecule has 0 bridgehead atoms. The third kappa shape index (κ3) is 3.88. The molecule has 0 spiro atoms. The molecule has 1 aromatic carbocycles. The van der Waals surface area contributed by atoms with Gasteiger partial charge in [-0.3, -0.25) is 10.1 Å². The third-order valence-corrected chi connectivity index (χ3v) is 2.46. The summed E-state index contributed by atoms with van der Waals surface area (Å²) in [5, 5.41) is 19.4. The van der Waals surface area contributed by atoms with Crippen LogP contribution < -0.4 is 0 Å². The van der Waals surface area contributed by atoms with E-state index in [9.17, 15) is 14.9 Å². The Balaban J connectivity index is 3.08. The summed E-state index contributed by atoms with van der Waals surface area (Å²) in [5.74, 6) is -1.03. The Morgan fingerprint density at radius 2 is 2.24 bits per heavy atom. The molecule has 0 radical (unpaired) electrons. The van der Waals surface area contributed by atoms with Crippen LogP contribution in [0.3, 0.4) is 0 Å². The molecular formula is C11H10ClNO4. The number of carboxylic acids is 1. The van der Waals surface area contributed by atoms with Crippen LogP contribution in [0.2, 0.25) is 5.02 Å². The lowest BCUT2D eigenvalue weighted by molar-refractivity contribution is -0.496. The van der Waals surface area contributed by atoms with Gasteiger partial charge in [-0.2, -0.15) is 0 Å². The number of nitro groups is 1. The molecule has 0 unspecified atom stereocenters. The quantitative estimate of drug-likeness (QED) is 0.509. The summed E-state index contributed by atoms with van der Waals surface area (Å²) in [4.78, 5) is 20.5. The van der Waals surface area contributed by atoms with Gasteiger partial charge in [0, 0.05) is 16.1 Å². The maximum atomic E-state index is 10.6. The van der Waals surface area contributed by atoms with E-state index < -0.39 is 10.9 Å². The summed E-state index contributed by atoms with van der Waals surface area (Å²) in [7, 11) is 0. The van der Waals surface area contributed by atoms with Crippen molar-refractivity contribution in [3.63, 3.8) is 0 Å². The normalized spacial score (nSPS) is 11.3. The maximum absolute atomic E-state index is 10.6. The minimum absolute atomic E-state index is 0.152. The number of halogens is 1. The second-order valence-corrected chi connectivity index (χ2v) is 3.88. The van der Waals surface area contributed by atoms with Crippen LogP contribution in [0.15, 0.2) is 23.8 Å². The topological polar surface area (TPSA) is 80.4 Å². The fraction of sp³-hybridized carbons (Fsp3) is 0.182. The number of benzene rings is 1. The van der Waals surface area contributed by atoms with Gasteiger partial charge in [-0.15, -0.1) is 0 Å². The van der Waals surface area contributed by atoms with E-state index in [1.807, 2.05) is 0 Å². The highest BCUT2D eigenvalue weighted by molar-refractivity contribution is 6.31. The number of carboxylic acid groups (broad SMARTS) is 1. The zero-order valence-corrected chi connectivity index (χ0v) is 9.77. The smallest absolute Gasteiger partial charge is 0.331 e. The molecule has 6 heteroatoms. The van der Waals surface area contributed by atoms with Gasteiger partial charge in [0.15, 0.2) is 0 Å². The highest BCUT2D eigenvalue weighted by atomic mass is 35.5. The second-order valence-electron chi connectivity index (χ2n) is 3.47. The lowest BCUT2D eigenvalue weighted by atomic mass is 10.1. The summed E-state index contributed by atoms with van der Waals surface area (Å²) < 4.78 is 0. The minimum atomic E-state index is -1.03. The van der Waals surface area contributed by atoms with Crippen LogP contribution in [-0.4, -0.2) is 16.0 Å². The molecule has 5 nitrogen and oxygen atoms in total. The molecule has 1 aromatic rings. The Labute approximate surface area is 102 Å². The molecule has 1 rings (SSSR count). The van der Waals surface area contributed by atoms with E-state index in [0.717, 1.165) is 0 Å². The van der Waals surface area contributed by atoms with Crippen LogP contribution >= 0.6 is 11.6 Å². The van der Waals surface area contributed by atoms with E-state index in [4.69, 9.17) is 16.7 Å². The average Bonchev–Trinajstić information content (AvgIpc) is 2.22. The predicted octanol–water partition coefficient (Wildman–Crippen LogP) is 2.60. The van der Waals surface area contributed by atoms with Crippen molar-refractivity contribution in [1.29, 1.82) is 0 Å². The standard InChI is InChI=1S/C11H10ClNO4/c1-7(11(14)15)4-8-2-3-10(12)9(5-8)6-13(16)17/h2-5H,6H2,1H3,(H,14,15). The van der Waals surface area contributed by atoms with Crippen molar-refractivity contribution in [2.24, 2.45) is 0 Å². The number of rotatable bonds is 4. The van der Waals surface area contributed by atoms with Crippen LogP contribution in [-0.2, 0) is 11.3 Å². The fourth-order valence-electron chi connectivity index (χ4n) is 1.26. The molecule has 0 aromatic heterocycles. The molecule has 0 aliphatic heterocycles. The largest absolute Gasteiger partial charge is 0.478 e. The van der Waals surface area contributed by atoms with Gasteiger partial charge in [-0.05, 0) is 30.7 Å². The van der Waals surface area contributed by atoms with E-state index in [2.05, 4.69) is 0 Å².